The summed E-state index contributed by atoms with van der Waals surface area (Å²) in [5.74, 6) is -3.86. The minimum absolute atomic E-state index is 0.216. The Hall–Kier alpha value is -2.82. The number of hydrogen-bond acceptors (Lipinski definition) is 5. The highest BCUT2D eigenvalue weighted by Crippen LogP contribution is 2.18. The molecule has 0 radical (unpaired) electrons. The normalized spacial score (nSPS) is 15.2. The van der Waals surface area contributed by atoms with E-state index in [1.54, 1.807) is 42.5 Å². The predicted octanol–water partition coefficient (Wildman–Crippen LogP) is 1.49. The van der Waals surface area contributed by atoms with E-state index in [9.17, 15) is 12.8 Å². The van der Waals surface area contributed by atoms with Crippen molar-refractivity contribution in [1.29, 1.82) is 0 Å². The van der Waals surface area contributed by atoms with E-state index in [2.05, 4.69) is 4.90 Å². The van der Waals surface area contributed by atoms with E-state index in [1.807, 2.05) is 6.07 Å². The standard InChI is InChI=1S/C17H19FN2O2S.C2H2O4/c18-17-9-5-4-6-15(17)14-19-10-12-20(13-11-19)23(21,22)16-7-2-1-3-8-16;3-1(4)2(5)6/h1-9H,10-14H2;(H,3,4)(H,5,6). The van der Waals surface area contributed by atoms with Crippen LogP contribution in [0.25, 0.3) is 0 Å². The minimum Gasteiger partial charge on any atom is -0.473 e. The van der Waals surface area contributed by atoms with Gasteiger partial charge in [-0.15, -0.1) is 0 Å². The zero-order valence-corrected chi connectivity index (χ0v) is 16.3. The Morgan fingerprint density at radius 2 is 1.38 bits per heavy atom. The van der Waals surface area contributed by atoms with Crippen molar-refractivity contribution in [2.75, 3.05) is 26.2 Å². The largest absolute Gasteiger partial charge is 0.473 e. The molecular formula is C19H21FN2O6S. The maximum absolute atomic E-state index is 13.7. The summed E-state index contributed by atoms with van der Waals surface area (Å²) in [6.45, 7) is 2.55. The van der Waals surface area contributed by atoms with E-state index < -0.39 is 22.0 Å². The Kier molecular flexibility index (Phi) is 7.82. The second-order valence-corrected chi connectivity index (χ2v) is 8.13. The lowest BCUT2D eigenvalue weighted by molar-refractivity contribution is -0.159. The van der Waals surface area contributed by atoms with Gasteiger partial charge in [-0.05, 0) is 18.2 Å². The van der Waals surface area contributed by atoms with Gasteiger partial charge in [-0.1, -0.05) is 36.4 Å². The summed E-state index contributed by atoms with van der Waals surface area (Å²) < 4.78 is 40.3. The first-order chi connectivity index (χ1) is 13.7. The number of benzene rings is 2. The molecule has 156 valence electrons. The molecule has 0 atom stereocenters. The van der Waals surface area contributed by atoms with Gasteiger partial charge in [0.15, 0.2) is 0 Å². The number of sulfonamides is 1. The van der Waals surface area contributed by atoms with E-state index in [0.29, 0.717) is 43.2 Å². The van der Waals surface area contributed by atoms with Gasteiger partial charge >= 0.3 is 11.9 Å². The summed E-state index contributed by atoms with van der Waals surface area (Å²) in [7, 11) is -3.43. The van der Waals surface area contributed by atoms with Crippen LogP contribution in [-0.2, 0) is 26.2 Å². The zero-order valence-electron chi connectivity index (χ0n) is 15.4. The summed E-state index contributed by atoms with van der Waals surface area (Å²) in [6, 6.07) is 15.2. The van der Waals surface area contributed by atoms with Crippen molar-refractivity contribution in [1.82, 2.24) is 9.21 Å². The van der Waals surface area contributed by atoms with Crippen molar-refractivity contribution in [2.45, 2.75) is 11.4 Å². The molecule has 0 spiro atoms. The molecule has 1 aliphatic rings. The van der Waals surface area contributed by atoms with Gasteiger partial charge in [0.05, 0.1) is 4.90 Å². The number of hydrogen-bond donors (Lipinski definition) is 2. The molecule has 1 fully saturated rings. The van der Waals surface area contributed by atoms with Crippen LogP contribution in [-0.4, -0.2) is 66.0 Å². The van der Waals surface area contributed by atoms with Gasteiger partial charge in [0, 0.05) is 38.3 Å². The molecule has 10 heteroatoms. The molecule has 3 rings (SSSR count). The van der Waals surface area contributed by atoms with Crippen molar-refractivity contribution in [2.24, 2.45) is 0 Å². The quantitative estimate of drug-likeness (QED) is 0.715. The molecule has 1 aliphatic heterocycles. The molecule has 0 unspecified atom stereocenters. The molecule has 0 bridgehead atoms. The Balaban J connectivity index is 0.000000438. The Bertz CT molecular complexity index is 932. The van der Waals surface area contributed by atoms with Gasteiger partial charge in [0.2, 0.25) is 10.0 Å². The van der Waals surface area contributed by atoms with Crippen LogP contribution < -0.4 is 0 Å². The van der Waals surface area contributed by atoms with Gasteiger partial charge in [-0.3, -0.25) is 4.90 Å². The lowest BCUT2D eigenvalue weighted by atomic mass is 10.2. The first kappa shape index (κ1) is 22.5. The van der Waals surface area contributed by atoms with Gasteiger partial charge in [0.1, 0.15) is 5.82 Å². The van der Waals surface area contributed by atoms with Gasteiger partial charge < -0.3 is 10.2 Å². The molecule has 2 aromatic rings. The maximum atomic E-state index is 13.7. The molecule has 1 saturated heterocycles. The number of carbonyl (C=O) groups is 2. The van der Waals surface area contributed by atoms with E-state index >= 15 is 0 Å². The van der Waals surface area contributed by atoms with Crippen molar-refractivity contribution < 1.29 is 32.6 Å². The molecular weight excluding hydrogens is 403 g/mol. The number of carboxylic acid groups (broad SMARTS) is 2. The average Bonchev–Trinajstić information content (AvgIpc) is 2.71. The van der Waals surface area contributed by atoms with E-state index in [1.165, 1.54) is 10.4 Å². The number of piperazine rings is 1. The minimum atomic E-state index is -3.43. The summed E-state index contributed by atoms with van der Waals surface area (Å²) in [6.07, 6.45) is 0. The van der Waals surface area contributed by atoms with Crippen molar-refractivity contribution in [3.05, 3.63) is 66.0 Å². The monoisotopic (exact) mass is 424 g/mol. The van der Waals surface area contributed by atoms with Crippen LogP contribution in [0, 0.1) is 5.82 Å². The first-order valence-corrected chi connectivity index (χ1v) is 10.1. The molecule has 1 heterocycles. The fourth-order valence-corrected chi connectivity index (χ4v) is 4.18. The number of nitrogens with zero attached hydrogens (tertiary/aromatic N) is 2. The van der Waals surface area contributed by atoms with Crippen molar-refractivity contribution in [3.8, 4) is 0 Å². The third kappa shape index (κ3) is 6.34. The average molecular weight is 424 g/mol. The van der Waals surface area contributed by atoms with Crippen molar-refractivity contribution in [3.63, 3.8) is 0 Å². The van der Waals surface area contributed by atoms with E-state index in [0.717, 1.165) is 0 Å². The number of rotatable bonds is 4. The van der Waals surface area contributed by atoms with E-state index in [4.69, 9.17) is 19.8 Å². The van der Waals surface area contributed by atoms with Gasteiger partial charge in [-0.25, -0.2) is 22.4 Å². The fraction of sp³-hybridized carbons (Fsp3) is 0.263. The summed E-state index contributed by atoms with van der Waals surface area (Å²) in [5.41, 5.74) is 0.645. The van der Waals surface area contributed by atoms with E-state index in [-0.39, 0.29) is 5.82 Å². The lowest BCUT2D eigenvalue weighted by Gasteiger charge is -2.34. The molecule has 2 aromatic carbocycles. The molecule has 2 N–H and O–H groups in total. The van der Waals surface area contributed by atoms with Crippen LogP contribution in [0.5, 0.6) is 0 Å². The fourth-order valence-electron chi connectivity index (χ4n) is 2.74. The molecule has 8 nitrogen and oxygen atoms in total. The summed E-state index contributed by atoms with van der Waals surface area (Å²) in [4.78, 5) is 20.6. The van der Waals surface area contributed by atoms with Crippen molar-refractivity contribution >= 4 is 22.0 Å². The van der Waals surface area contributed by atoms with Crippen LogP contribution in [0.4, 0.5) is 4.39 Å². The van der Waals surface area contributed by atoms with Gasteiger partial charge in [-0.2, -0.15) is 4.31 Å². The third-order valence-corrected chi connectivity index (χ3v) is 6.16. The molecule has 0 aliphatic carbocycles. The van der Waals surface area contributed by atoms with Crippen LogP contribution in [0.15, 0.2) is 59.5 Å². The molecule has 29 heavy (non-hydrogen) atoms. The highest BCUT2D eigenvalue weighted by atomic mass is 32.2. The Labute approximate surface area is 167 Å². The van der Waals surface area contributed by atoms with Gasteiger partial charge in [0.25, 0.3) is 0 Å². The highest BCUT2D eigenvalue weighted by Gasteiger charge is 2.28. The predicted molar refractivity (Wildman–Crippen MR) is 102 cm³/mol. The third-order valence-electron chi connectivity index (χ3n) is 4.25. The smallest absolute Gasteiger partial charge is 0.414 e. The van der Waals surface area contributed by atoms with Crippen LogP contribution in [0.3, 0.4) is 0 Å². The second kappa shape index (κ2) is 10.1. The number of halogens is 1. The molecule has 0 saturated carbocycles. The Morgan fingerprint density at radius 1 is 0.862 bits per heavy atom. The molecule has 0 aromatic heterocycles. The van der Waals surface area contributed by atoms with Crippen LogP contribution in [0.1, 0.15) is 5.56 Å². The first-order valence-electron chi connectivity index (χ1n) is 8.69. The van der Waals surface area contributed by atoms with Crippen LogP contribution in [0.2, 0.25) is 0 Å². The maximum Gasteiger partial charge on any atom is 0.414 e. The highest BCUT2D eigenvalue weighted by molar-refractivity contribution is 7.89. The zero-order chi connectivity index (χ0) is 21.4. The SMILES string of the molecule is O=C(O)C(=O)O.O=S(=O)(c1ccccc1)N1CCN(Cc2ccccc2F)CC1. The van der Waals surface area contributed by atoms with Crippen LogP contribution >= 0.6 is 0 Å². The Morgan fingerprint density at radius 3 is 1.90 bits per heavy atom. The lowest BCUT2D eigenvalue weighted by Crippen LogP contribution is -2.48. The molecule has 0 amide bonds. The topological polar surface area (TPSA) is 115 Å². The summed E-state index contributed by atoms with van der Waals surface area (Å²) >= 11 is 0. The number of carboxylic acids is 2. The second-order valence-electron chi connectivity index (χ2n) is 6.20. The number of aliphatic carboxylic acids is 2. The summed E-state index contributed by atoms with van der Waals surface area (Å²) in [5, 5.41) is 14.8.